The fourth-order valence-corrected chi connectivity index (χ4v) is 2.85. The third-order valence-electron chi connectivity index (χ3n) is 3.81. The average Bonchev–Trinajstić information content (AvgIpc) is 2.45. The van der Waals surface area contributed by atoms with E-state index in [0.717, 1.165) is 19.4 Å². The van der Waals surface area contributed by atoms with Crippen molar-refractivity contribution in [2.75, 3.05) is 18.4 Å². The molecule has 120 valence electrons. The number of piperidine rings is 1. The average molecular weight is 323 g/mol. The summed E-state index contributed by atoms with van der Waals surface area (Å²) in [6.45, 7) is 6.94. The number of nitrogens with zero attached hydrogens (tertiary/aromatic N) is 1. The molecule has 1 atom stereocenters. The molecule has 0 unspecified atom stereocenters. The second-order valence-electron chi connectivity index (χ2n) is 6.84. The molecule has 4 nitrogen and oxygen atoms in total. The molecule has 2 amide bonds. The van der Waals surface area contributed by atoms with Crippen LogP contribution >= 0.6 is 11.6 Å². The number of carbonyl (C=O) groups excluding carboxylic acids is 2. The van der Waals surface area contributed by atoms with Gasteiger partial charge in [0.2, 0.25) is 11.8 Å². The van der Waals surface area contributed by atoms with E-state index in [1.54, 1.807) is 18.2 Å². The smallest absolute Gasteiger partial charge is 0.229 e. The van der Waals surface area contributed by atoms with E-state index in [1.165, 1.54) is 0 Å². The third kappa shape index (κ3) is 4.23. The topological polar surface area (TPSA) is 49.4 Å². The van der Waals surface area contributed by atoms with Crippen LogP contribution in [-0.2, 0) is 9.59 Å². The normalized spacial score (nSPS) is 18.9. The van der Waals surface area contributed by atoms with E-state index < -0.39 is 5.41 Å². The fraction of sp³-hybridized carbons (Fsp3) is 0.529. The monoisotopic (exact) mass is 322 g/mol. The van der Waals surface area contributed by atoms with E-state index in [-0.39, 0.29) is 17.7 Å². The molecule has 2 rings (SSSR count). The minimum absolute atomic E-state index is 0.0475. The number of carbonyl (C=O) groups is 2. The second-order valence-corrected chi connectivity index (χ2v) is 7.28. The van der Waals surface area contributed by atoms with Crippen molar-refractivity contribution in [2.45, 2.75) is 33.6 Å². The number of amides is 2. The van der Waals surface area contributed by atoms with Gasteiger partial charge in [0.15, 0.2) is 0 Å². The van der Waals surface area contributed by atoms with Crippen molar-refractivity contribution in [3.8, 4) is 0 Å². The van der Waals surface area contributed by atoms with Crippen LogP contribution in [0.5, 0.6) is 0 Å². The number of nitrogens with one attached hydrogen (secondary N) is 1. The van der Waals surface area contributed by atoms with Gasteiger partial charge in [-0.25, -0.2) is 0 Å². The van der Waals surface area contributed by atoms with Gasteiger partial charge in [0.25, 0.3) is 0 Å². The van der Waals surface area contributed by atoms with Gasteiger partial charge < -0.3 is 10.2 Å². The molecule has 1 saturated heterocycles. The maximum absolute atomic E-state index is 12.4. The van der Waals surface area contributed by atoms with E-state index in [1.807, 2.05) is 31.7 Å². The Morgan fingerprint density at radius 2 is 2.05 bits per heavy atom. The van der Waals surface area contributed by atoms with Crippen LogP contribution in [0.15, 0.2) is 24.3 Å². The molecule has 1 aliphatic heterocycles. The van der Waals surface area contributed by atoms with Crippen LogP contribution in [0, 0.1) is 11.3 Å². The summed E-state index contributed by atoms with van der Waals surface area (Å²) in [5, 5.41) is 3.48. The highest BCUT2D eigenvalue weighted by Crippen LogP contribution is 2.24. The Morgan fingerprint density at radius 3 is 2.68 bits per heavy atom. The lowest BCUT2D eigenvalue weighted by Crippen LogP contribution is -2.47. The van der Waals surface area contributed by atoms with Crippen LogP contribution in [0.2, 0.25) is 5.02 Å². The summed E-state index contributed by atoms with van der Waals surface area (Å²) in [5.41, 5.74) is 0.280. The molecule has 1 heterocycles. The van der Waals surface area contributed by atoms with Gasteiger partial charge in [-0.15, -0.1) is 0 Å². The maximum Gasteiger partial charge on any atom is 0.229 e. The molecule has 0 bridgehead atoms. The van der Waals surface area contributed by atoms with Gasteiger partial charge >= 0.3 is 0 Å². The Kier molecular flexibility index (Phi) is 5.12. The van der Waals surface area contributed by atoms with Gasteiger partial charge in [0, 0.05) is 29.2 Å². The predicted molar refractivity (Wildman–Crippen MR) is 88.8 cm³/mol. The molecule has 0 spiro atoms. The lowest BCUT2D eigenvalue weighted by molar-refractivity contribution is -0.142. The summed E-state index contributed by atoms with van der Waals surface area (Å²) < 4.78 is 0. The van der Waals surface area contributed by atoms with Crippen molar-refractivity contribution < 1.29 is 9.59 Å². The number of hydrogen-bond donors (Lipinski definition) is 1. The van der Waals surface area contributed by atoms with E-state index in [2.05, 4.69) is 5.32 Å². The van der Waals surface area contributed by atoms with Crippen molar-refractivity contribution in [3.05, 3.63) is 29.3 Å². The highest BCUT2D eigenvalue weighted by molar-refractivity contribution is 6.30. The van der Waals surface area contributed by atoms with Crippen molar-refractivity contribution >= 4 is 29.1 Å². The Bertz CT molecular complexity index is 566. The lowest BCUT2D eigenvalue weighted by Gasteiger charge is -2.35. The summed E-state index contributed by atoms with van der Waals surface area (Å²) in [6, 6.07) is 7.10. The highest BCUT2D eigenvalue weighted by Gasteiger charge is 2.33. The molecule has 1 N–H and O–H groups in total. The third-order valence-corrected chi connectivity index (χ3v) is 4.05. The van der Waals surface area contributed by atoms with Crippen molar-refractivity contribution in [3.63, 3.8) is 0 Å². The maximum atomic E-state index is 12.4. The van der Waals surface area contributed by atoms with Crippen LogP contribution < -0.4 is 5.32 Å². The largest absolute Gasteiger partial charge is 0.341 e. The Morgan fingerprint density at radius 1 is 1.32 bits per heavy atom. The number of halogens is 1. The van der Waals surface area contributed by atoms with Gasteiger partial charge in [0.1, 0.15) is 0 Å². The molecule has 0 aromatic heterocycles. The molecular formula is C17H23ClN2O2. The van der Waals surface area contributed by atoms with Crippen molar-refractivity contribution in [2.24, 2.45) is 11.3 Å². The first-order valence-corrected chi connectivity index (χ1v) is 8.01. The van der Waals surface area contributed by atoms with E-state index in [0.29, 0.717) is 17.3 Å². The first kappa shape index (κ1) is 16.8. The standard InChI is InChI=1S/C17H23ClN2O2/c1-17(2,3)16(22)20-9-5-6-12(11-20)15(21)19-14-8-4-7-13(18)10-14/h4,7-8,10,12H,5-6,9,11H2,1-3H3,(H,19,21)/t12-/m1/s1. The number of anilines is 1. The van der Waals surface area contributed by atoms with Crippen LogP contribution in [0.3, 0.4) is 0 Å². The molecule has 5 heteroatoms. The second kappa shape index (κ2) is 6.69. The Labute approximate surface area is 136 Å². The van der Waals surface area contributed by atoms with Crippen LogP contribution in [0.4, 0.5) is 5.69 Å². The summed E-state index contributed by atoms with van der Waals surface area (Å²) in [4.78, 5) is 26.6. The van der Waals surface area contributed by atoms with Crippen LogP contribution in [-0.4, -0.2) is 29.8 Å². The minimum Gasteiger partial charge on any atom is -0.341 e. The van der Waals surface area contributed by atoms with Gasteiger partial charge in [-0.2, -0.15) is 0 Å². The molecule has 0 radical (unpaired) electrons. The zero-order chi connectivity index (χ0) is 16.3. The molecule has 1 aromatic rings. The number of rotatable bonds is 2. The Hall–Kier alpha value is -1.55. The summed E-state index contributed by atoms with van der Waals surface area (Å²) in [6.07, 6.45) is 1.66. The molecule has 0 aliphatic carbocycles. The highest BCUT2D eigenvalue weighted by atomic mass is 35.5. The van der Waals surface area contributed by atoms with E-state index in [4.69, 9.17) is 11.6 Å². The van der Waals surface area contributed by atoms with Crippen molar-refractivity contribution in [1.29, 1.82) is 0 Å². The van der Waals surface area contributed by atoms with Gasteiger partial charge in [-0.1, -0.05) is 38.4 Å². The van der Waals surface area contributed by atoms with Crippen LogP contribution in [0.25, 0.3) is 0 Å². The molecule has 0 saturated carbocycles. The van der Waals surface area contributed by atoms with Crippen LogP contribution in [0.1, 0.15) is 33.6 Å². The summed E-state index contributed by atoms with van der Waals surface area (Å²) in [7, 11) is 0. The Balaban J connectivity index is 2.00. The molecular weight excluding hydrogens is 300 g/mol. The first-order chi connectivity index (χ1) is 10.3. The number of likely N-dealkylation sites (tertiary alicyclic amines) is 1. The van der Waals surface area contributed by atoms with Crippen molar-refractivity contribution in [1.82, 2.24) is 4.90 Å². The molecule has 1 fully saturated rings. The van der Waals surface area contributed by atoms with Gasteiger partial charge in [-0.3, -0.25) is 9.59 Å². The summed E-state index contributed by atoms with van der Waals surface area (Å²) in [5.74, 6) is -0.111. The first-order valence-electron chi connectivity index (χ1n) is 7.63. The van der Waals surface area contributed by atoms with E-state index >= 15 is 0 Å². The number of hydrogen-bond acceptors (Lipinski definition) is 2. The minimum atomic E-state index is -0.411. The lowest BCUT2D eigenvalue weighted by atomic mass is 9.91. The van der Waals surface area contributed by atoms with E-state index in [9.17, 15) is 9.59 Å². The quantitative estimate of drug-likeness (QED) is 0.905. The van der Waals surface area contributed by atoms with Gasteiger partial charge in [0.05, 0.1) is 5.92 Å². The molecule has 1 aromatic carbocycles. The zero-order valence-corrected chi connectivity index (χ0v) is 14.1. The zero-order valence-electron chi connectivity index (χ0n) is 13.4. The molecule has 1 aliphatic rings. The molecule has 22 heavy (non-hydrogen) atoms. The number of benzene rings is 1. The fourth-order valence-electron chi connectivity index (χ4n) is 2.66. The predicted octanol–water partition coefficient (Wildman–Crippen LogP) is 3.56. The SMILES string of the molecule is CC(C)(C)C(=O)N1CCC[C@@H](C(=O)Nc2cccc(Cl)c2)C1. The van der Waals surface area contributed by atoms with Gasteiger partial charge in [-0.05, 0) is 31.0 Å². The summed E-state index contributed by atoms with van der Waals surface area (Å²) >= 11 is 5.92.